The fourth-order valence-electron chi connectivity index (χ4n) is 3.54. The minimum absolute atomic E-state index is 0.102. The lowest BCUT2D eigenvalue weighted by molar-refractivity contribution is 0.105. The summed E-state index contributed by atoms with van der Waals surface area (Å²) < 4.78 is 0. The van der Waals surface area contributed by atoms with Gasteiger partial charge in [-0.15, -0.1) is 0 Å². The van der Waals surface area contributed by atoms with Gasteiger partial charge in [0.05, 0.1) is 6.10 Å². The lowest BCUT2D eigenvalue weighted by Crippen LogP contribution is -2.25. The van der Waals surface area contributed by atoms with Crippen molar-refractivity contribution in [2.45, 2.75) is 25.4 Å². The highest BCUT2D eigenvalue weighted by molar-refractivity contribution is 5.16. The molecule has 0 aromatic carbocycles. The van der Waals surface area contributed by atoms with Crippen molar-refractivity contribution in [3.63, 3.8) is 0 Å². The van der Waals surface area contributed by atoms with Crippen LogP contribution in [0.5, 0.6) is 0 Å². The third-order valence-corrected chi connectivity index (χ3v) is 3.97. The van der Waals surface area contributed by atoms with Crippen molar-refractivity contribution in [1.29, 1.82) is 0 Å². The summed E-state index contributed by atoms with van der Waals surface area (Å²) in [6.45, 7) is 0. The zero-order chi connectivity index (χ0) is 7.42. The van der Waals surface area contributed by atoms with Gasteiger partial charge in [0.2, 0.25) is 0 Å². The molecule has 1 heteroatoms. The number of aliphatic hydroxyl groups is 1. The van der Waals surface area contributed by atoms with Crippen molar-refractivity contribution in [2.75, 3.05) is 0 Å². The van der Waals surface area contributed by atoms with Gasteiger partial charge < -0.3 is 5.11 Å². The van der Waals surface area contributed by atoms with Crippen LogP contribution < -0.4 is 0 Å². The Kier molecular flexibility index (Phi) is 1.07. The third kappa shape index (κ3) is 0.652. The molecule has 0 heterocycles. The van der Waals surface area contributed by atoms with E-state index in [4.69, 9.17) is 0 Å². The summed E-state index contributed by atoms with van der Waals surface area (Å²) in [6, 6.07) is 0. The van der Waals surface area contributed by atoms with Crippen LogP contribution in [0, 0.1) is 23.7 Å². The van der Waals surface area contributed by atoms with Crippen LogP contribution >= 0.6 is 0 Å². The van der Waals surface area contributed by atoms with Gasteiger partial charge in [-0.05, 0) is 42.9 Å². The summed E-state index contributed by atoms with van der Waals surface area (Å²) in [6.07, 6.45) is 8.37. The third-order valence-electron chi connectivity index (χ3n) is 3.97. The van der Waals surface area contributed by atoms with E-state index in [2.05, 4.69) is 6.08 Å². The molecule has 0 radical (unpaired) electrons. The van der Waals surface area contributed by atoms with Crippen LogP contribution in [-0.4, -0.2) is 11.2 Å². The van der Waals surface area contributed by atoms with Crippen LogP contribution in [0.3, 0.4) is 0 Å². The molecule has 0 spiro atoms. The lowest BCUT2D eigenvalue weighted by Gasteiger charge is -2.26. The zero-order valence-electron chi connectivity index (χ0n) is 6.61. The highest BCUT2D eigenvalue weighted by Crippen LogP contribution is 2.56. The molecule has 3 aliphatic rings. The normalized spacial score (nSPS) is 58.8. The van der Waals surface area contributed by atoms with E-state index in [1.54, 1.807) is 0 Å². The van der Waals surface area contributed by atoms with Crippen molar-refractivity contribution in [1.82, 2.24) is 0 Å². The second kappa shape index (κ2) is 1.89. The molecule has 5 atom stereocenters. The molecular formula is C10H14O. The maximum absolute atomic E-state index is 9.63. The van der Waals surface area contributed by atoms with Crippen LogP contribution in [0.25, 0.3) is 0 Å². The van der Waals surface area contributed by atoms with E-state index in [9.17, 15) is 5.11 Å². The highest BCUT2D eigenvalue weighted by Gasteiger charge is 2.50. The molecule has 0 aromatic rings. The zero-order valence-corrected chi connectivity index (χ0v) is 6.61. The molecule has 1 nitrogen and oxygen atoms in total. The maximum atomic E-state index is 9.63. The van der Waals surface area contributed by atoms with Crippen LogP contribution in [0.4, 0.5) is 0 Å². The average molecular weight is 150 g/mol. The summed E-state index contributed by atoms with van der Waals surface area (Å²) in [7, 11) is 0. The summed E-state index contributed by atoms with van der Waals surface area (Å²) in [5, 5.41) is 9.63. The fourth-order valence-corrected chi connectivity index (χ4v) is 3.54. The SMILES string of the molecule is OC1C=CC2C1[C@@H]1CC[C@H]2C1. The topological polar surface area (TPSA) is 20.2 Å². The van der Waals surface area contributed by atoms with E-state index >= 15 is 0 Å². The molecule has 0 amide bonds. The number of hydrogen-bond acceptors (Lipinski definition) is 1. The predicted octanol–water partition coefficient (Wildman–Crippen LogP) is 1.58. The van der Waals surface area contributed by atoms with Gasteiger partial charge in [-0.2, -0.15) is 0 Å². The second-order valence-corrected chi connectivity index (χ2v) is 4.36. The minimum atomic E-state index is -0.102. The van der Waals surface area contributed by atoms with Gasteiger partial charge in [-0.1, -0.05) is 12.2 Å². The van der Waals surface area contributed by atoms with E-state index in [-0.39, 0.29) is 6.10 Å². The minimum Gasteiger partial charge on any atom is -0.389 e. The molecule has 2 fully saturated rings. The second-order valence-electron chi connectivity index (χ2n) is 4.36. The molecule has 0 aliphatic heterocycles. The van der Waals surface area contributed by atoms with Gasteiger partial charge in [0, 0.05) is 0 Å². The fraction of sp³-hybridized carbons (Fsp3) is 0.800. The van der Waals surface area contributed by atoms with Gasteiger partial charge in [-0.3, -0.25) is 0 Å². The Bertz CT molecular complexity index is 209. The quantitative estimate of drug-likeness (QED) is 0.520. The van der Waals surface area contributed by atoms with Crippen LogP contribution in [0.15, 0.2) is 12.2 Å². The smallest absolute Gasteiger partial charge is 0.0757 e. The van der Waals surface area contributed by atoms with Crippen LogP contribution in [0.2, 0.25) is 0 Å². The summed E-state index contributed by atoms with van der Waals surface area (Å²) >= 11 is 0. The number of allylic oxidation sites excluding steroid dienone is 1. The van der Waals surface area contributed by atoms with E-state index in [0.29, 0.717) is 5.92 Å². The molecule has 3 rings (SSSR count). The number of fused-ring (bicyclic) bond motifs is 5. The first kappa shape index (κ1) is 6.24. The van der Waals surface area contributed by atoms with Gasteiger partial charge in [0.25, 0.3) is 0 Å². The molecule has 2 saturated carbocycles. The van der Waals surface area contributed by atoms with E-state index < -0.39 is 0 Å². The lowest BCUT2D eigenvalue weighted by atomic mass is 9.80. The Balaban J connectivity index is 1.96. The summed E-state index contributed by atoms with van der Waals surface area (Å²) in [4.78, 5) is 0. The molecule has 3 unspecified atom stereocenters. The average Bonchev–Trinajstić information content (AvgIpc) is 2.60. The molecule has 60 valence electrons. The predicted molar refractivity (Wildman–Crippen MR) is 43.0 cm³/mol. The largest absolute Gasteiger partial charge is 0.389 e. The van der Waals surface area contributed by atoms with Crippen molar-refractivity contribution in [3.8, 4) is 0 Å². The van der Waals surface area contributed by atoms with Crippen molar-refractivity contribution >= 4 is 0 Å². The van der Waals surface area contributed by atoms with E-state index in [1.807, 2.05) is 6.08 Å². The monoisotopic (exact) mass is 150 g/mol. The van der Waals surface area contributed by atoms with Gasteiger partial charge in [-0.25, -0.2) is 0 Å². The molecule has 0 aromatic heterocycles. The highest BCUT2D eigenvalue weighted by atomic mass is 16.3. The molecule has 1 N–H and O–H groups in total. The Hall–Kier alpha value is -0.300. The molecule has 11 heavy (non-hydrogen) atoms. The number of hydrogen-bond donors (Lipinski definition) is 1. The van der Waals surface area contributed by atoms with Gasteiger partial charge in [0.1, 0.15) is 0 Å². The van der Waals surface area contributed by atoms with E-state index in [0.717, 1.165) is 17.8 Å². The number of aliphatic hydroxyl groups excluding tert-OH is 1. The Morgan fingerprint density at radius 1 is 1.09 bits per heavy atom. The van der Waals surface area contributed by atoms with Crippen molar-refractivity contribution < 1.29 is 5.11 Å². The first-order chi connectivity index (χ1) is 5.36. The van der Waals surface area contributed by atoms with Crippen molar-refractivity contribution in [3.05, 3.63) is 12.2 Å². The maximum Gasteiger partial charge on any atom is 0.0757 e. The molecule has 3 aliphatic carbocycles. The summed E-state index contributed by atoms with van der Waals surface area (Å²) in [5.74, 6) is 3.16. The summed E-state index contributed by atoms with van der Waals surface area (Å²) in [5.41, 5.74) is 0. The van der Waals surface area contributed by atoms with Crippen LogP contribution in [0.1, 0.15) is 19.3 Å². The molecular weight excluding hydrogens is 136 g/mol. The van der Waals surface area contributed by atoms with Crippen molar-refractivity contribution in [2.24, 2.45) is 23.7 Å². The molecule has 0 saturated heterocycles. The van der Waals surface area contributed by atoms with Gasteiger partial charge in [0.15, 0.2) is 0 Å². The number of rotatable bonds is 0. The first-order valence-electron chi connectivity index (χ1n) is 4.72. The Morgan fingerprint density at radius 3 is 2.73 bits per heavy atom. The standard InChI is InChI=1S/C10H14O/c11-9-4-3-8-6-1-2-7(5-6)10(8)9/h3-4,6-11H,1-2,5H2/t6-,7+,8?,9?,10?/m0/s1. The van der Waals surface area contributed by atoms with Crippen LogP contribution in [-0.2, 0) is 0 Å². The molecule has 2 bridgehead atoms. The Labute approximate surface area is 67.1 Å². The van der Waals surface area contributed by atoms with E-state index in [1.165, 1.54) is 19.3 Å². The van der Waals surface area contributed by atoms with Gasteiger partial charge >= 0.3 is 0 Å². The first-order valence-corrected chi connectivity index (χ1v) is 4.72. The Morgan fingerprint density at radius 2 is 1.91 bits per heavy atom.